The van der Waals surface area contributed by atoms with Crippen LogP contribution in [0.3, 0.4) is 0 Å². The van der Waals surface area contributed by atoms with Gasteiger partial charge in [0.15, 0.2) is 4.75 Å². The summed E-state index contributed by atoms with van der Waals surface area (Å²) in [7, 11) is 0. The molecule has 0 unspecified atom stereocenters. The van der Waals surface area contributed by atoms with E-state index in [0.29, 0.717) is 11.0 Å². The molecule has 1 amide bonds. The highest BCUT2D eigenvalue weighted by molar-refractivity contribution is 8.16. The maximum Gasteiger partial charge on any atom is 0.268 e. The Labute approximate surface area is 116 Å². The van der Waals surface area contributed by atoms with Crippen molar-refractivity contribution in [2.75, 3.05) is 0 Å². The minimum atomic E-state index is -3.03. The van der Waals surface area contributed by atoms with E-state index in [1.54, 1.807) is 0 Å². The van der Waals surface area contributed by atoms with Gasteiger partial charge >= 0.3 is 0 Å². The first-order valence-electron chi connectivity index (χ1n) is 6.98. The van der Waals surface area contributed by atoms with Gasteiger partial charge in [-0.15, -0.1) is 0 Å². The first kappa shape index (κ1) is 13.5. The normalized spacial score (nSPS) is 42.0. The Morgan fingerprint density at radius 3 is 2.63 bits per heavy atom. The van der Waals surface area contributed by atoms with Gasteiger partial charge in [0.25, 0.3) is 11.8 Å². The van der Waals surface area contributed by atoms with E-state index in [-0.39, 0.29) is 0 Å². The largest absolute Gasteiger partial charge is 0.271 e. The molecule has 2 fully saturated rings. The van der Waals surface area contributed by atoms with Gasteiger partial charge in [0.2, 0.25) is 0 Å². The Kier molecular flexibility index (Phi) is 3.04. The quantitative estimate of drug-likeness (QED) is 0.788. The number of halogens is 2. The Bertz CT molecular complexity index is 445. The standard InChI is InChI=1S/C14H19F2NOS/c1-13(14(2,15)16)12(18)17-11(19-13)7-10-6-8-3-4-9(10)5-8/h8-10H,3-7H2,1-2H3/t8-,9+,10-,13+/m1/s1. The molecule has 3 rings (SSSR count). The van der Waals surface area contributed by atoms with Crippen LogP contribution in [0.4, 0.5) is 8.78 Å². The molecule has 0 N–H and O–H groups in total. The average molecular weight is 287 g/mol. The van der Waals surface area contributed by atoms with E-state index in [1.807, 2.05) is 0 Å². The lowest BCUT2D eigenvalue weighted by atomic mass is 9.87. The van der Waals surface area contributed by atoms with Crippen LogP contribution in [0.5, 0.6) is 0 Å². The number of fused-ring (bicyclic) bond motifs is 2. The predicted octanol–water partition coefficient (Wildman–Crippen LogP) is 3.90. The number of carbonyl (C=O) groups excluding carboxylic acids is 1. The third-order valence-corrected chi connectivity index (χ3v) is 6.55. The number of nitrogens with zero attached hydrogens (tertiary/aromatic N) is 1. The highest BCUT2D eigenvalue weighted by atomic mass is 32.2. The molecule has 2 saturated carbocycles. The highest BCUT2D eigenvalue weighted by Gasteiger charge is 2.57. The van der Waals surface area contributed by atoms with Gasteiger partial charge in [-0.1, -0.05) is 18.2 Å². The van der Waals surface area contributed by atoms with E-state index in [0.717, 1.165) is 36.9 Å². The second-order valence-electron chi connectivity index (χ2n) is 6.47. The summed E-state index contributed by atoms with van der Waals surface area (Å²) in [6.07, 6.45) is 5.80. The van der Waals surface area contributed by atoms with Crippen molar-refractivity contribution in [1.82, 2.24) is 0 Å². The van der Waals surface area contributed by atoms with E-state index in [4.69, 9.17) is 0 Å². The molecule has 0 aromatic rings. The van der Waals surface area contributed by atoms with Crippen LogP contribution < -0.4 is 0 Å². The molecule has 2 nitrogen and oxygen atoms in total. The second-order valence-corrected chi connectivity index (χ2v) is 7.97. The third kappa shape index (κ3) is 2.14. The molecule has 1 heterocycles. The fourth-order valence-corrected chi connectivity index (χ4v) is 4.95. The van der Waals surface area contributed by atoms with Crippen molar-refractivity contribution in [3.63, 3.8) is 0 Å². The molecule has 0 saturated heterocycles. The minimum absolute atomic E-state index is 0.561. The maximum atomic E-state index is 13.6. The van der Waals surface area contributed by atoms with Crippen LogP contribution in [0.15, 0.2) is 4.99 Å². The van der Waals surface area contributed by atoms with Gasteiger partial charge in [-0.25, -0.2) is 13.8 Å². The van der Waals surface area contributed by atoms with Crippen molar-refractivity contribution in [3.05, 3.63) is 0 Å². The molecule has 2 bridgehead atoms. The van der Waals surface area contributed by atoms with E-state index in [1.165, 1.54) is 32.6 Å². The summed E-state index contributed by atoms with van der Waals surface area (Å²) in [4.78, 5) is 15.7. The van der Waals surface area contributed by atoms with Crippen molar-refractivity contribution in [3.8, 4) is 0 Å². The topological polar surface area (TPSA) is 29.4 Å². The van der Waals surface area contributed by atoms with Crippen LogP contribution in [0.25, 0.3) is 0 Å². The van der Waals surface area contributed by atoms with Gasteiger partial charge < -0.3 is 0 Å². The van der Waals surface area contributed by atoms with Crippen LogP contribution in [0.1, 0.15) is 46.0 Å². The SMILES string of the molecule is CC(F)(F)[C@@]1(C)SC(C[C@H]2C[C@@H]3CC[C@H]2C3)=NC1=O. The van der Waals surface area contributed by atoms with Gasteiger partial charge in [0.05, 0.1) is 5.04 Å². The van der Waals surface area contributed by atoms with Crippen molar-refractivity contribution >= 4 is 22.7 Å². The van der Waals surface area contributed by atoms with Crippen LogP contribution in [-0.2, 0) is 4.79 Å². The molecule has 1 aliphatic heterocycles. The lowest BCUT2D eigenvalue weighted by Crippen LogP contribution is -2.44. The third-order valence-electron chi connectivity index (χ3n) is 5.12. The van der Waals surface area contributed by atoms with Crippen LogP contribution in [0, 0.1) is 17.8 Å². The molecular formula is C14H19F2NOS. The molecule has 19 heavy (non-hydrogen) atoms. The van der Waals surface area contributed by atoms with Crippen molar-refractivity contribution in [1.29, 1.82) is 0 Å². The number of rotatable bonds is 3. The van der Waals surface area contributed by atoms with Crippen LogP contribution >= 0.6 is 11.8 Å². The summed E-state index contributed by atoms with van der Waals surface area (Å²) >= 11 is 0.993. The monoisotopic (exact) mass is 287 g/mol. The number of carbonyl (C=O) groups is 1. The van der Waals surface area contributed by atoms with Gasteiger partial charge in [0.1, 0.15) is 0 Å². The summed E-state index contributed by atoms with van der Waals surface area (Å²) in [5.74, 6) is -1.57. The molecule has 3 aliphatic rings. The number of thioether (sulfide) groups is 1. The predicted molar refractivity (Wildman–Crippen MR) is 72.6 cm³/mol. The van der Waals surface area contributed by atoms with E-state index in [2.05, 4.69) is 4.99 Å². The van der Waals surface area contributed by atoms with Gasteiger partial charge in [-0.3, -0.25) is 4.79 Å². The number of alkyl halides is 2. The summed E-state index contributed by atoms with van der Waals surface area (Å²) in [6, 6.07) is 0. The fraction of sp³-hybridized carbons (Fsp3) is 0.857. The Hall–Kier alpha value is -0.450. The number of amides is 1. The lowest BCUT2D eigenvalue weighted by molar-refractivity contribution is -0.128. The summed E-state index contributed by atoms with van der Waals surface area (Å²) in [6.45, 7) is 2.13. The van der Waals surface area contributed by atoms with Gasteiger partial charge in [-0.05, 0) is 50.4 Å². The van der Waals surface area contributed by atoms with Crippen LogP contribution in [0.2, 0.25) is 0 Å². The Balaban J connectivity index is 1.68. The zero-order chi connectivity index (χ0) is 13.8. The molecular weight excluding hydrogens is 268 g/mol. The Morgan fingerprint density at radius 2 is 2.16 bits per heavy atom. The maximum absolute atomic E-state index is 13.6. The van der Waals surface area contributed by atoms with Gasteiger partial charge in [-0.2, -0.15) is 0 Å². The highest BCUT2D eigenvalue weighted by Crippen LogP contribution is 2.52. The van der Waals surface area contributed by atoms with E-state index < -0.39 is 16.6 Å². The van der Waals surface area contributed by atoms with Gasteiger partial charge in [0, 0.05) is 6.92 Å². The van der Waals surface area contributed by atoms with Crippen molar-refractivity contribution < 1.29 is 13.6 Å². The molecule has 4 atom stereocenters. The molecule has 2 aliphatic carbocycles. The van der Waals surface area contributed by atoms with Crippen molar-refractivity contribution in [2.24, 2.45) is 22.7 Å². The summed E-state index contributed by atoms with van der Waals surface area (Å²) in [5.41, 5.74) is 0. The molecule has 106 valence electrons. The zero-order valence-electron chi connectivity index (χ0n) is 11.3. The Morgan fingerprint density at radius 1 is 1.42 bits per heavy atom. The zero-order valence-corrected chi connectivity index (χ0v) is 12.1. The van der Waals surface area contributed by atoms with E-state index >= 15 is 0 Å². The summed E-state index contributed by atoms with van der Waals surface area (Å²) in [5, 5.41) is 0.631. The first-order chi connectivity index (χ1) is 8.79. The van der Waals surface area contributed by atoms with E-state index in [9.17, 15) is 13.6 Å². The number of hydrogen-bond acceptors (Lipinski definition) is 2. The molecule has 5 heteroatoms. The van der Waals surface area contributed by atoms with Crippen molar-refractivity contribution in [2.45, 2.75) is 56.6 Å². The molecule has 0 aromatic heterocycles. The molecule has 0 spiro atoms. The smallest absolute Gasteiger partial charge is 0.268 e. The summed E-state index contributed by atoms with van der Waals surface area (Å²) < 4.78 is 25.5. The molecule has 0 aromatic carbocycles. The number of aliphatic imine (C=N–C) groups is 1. The average Bonchev–Trinajstić information content (AvgIpc) is 2.94. The van der Waals surface area contributed by atoms with Crippen LogP contribution in [-0.4, -0.2) is 21.6 Å². The first-order valence-corrected chi connectivity index (χ1v) is 7.80. The fourth-order valence-electron chi connectivity index (χ4n) is 3.74. The number of hydrogen-bond donors (Lipinski definition) is 0. The lowest BCUT2D eigenvalue weighted by Gasteiger charge is -2.27. The molecule has 0 radical (unpaired) electrons. The second kappa shape index (κ2) is 4.27. The minimum Gasteiger partial charge on any atom is -0.271 e.